The van der Waals surface area contributed by atoms with E-state index >= 15 is 0 Å². The van der Waals surface area contributed by atoms with E-state index in [9.17, 15) is 9.18 Å². The van der Waals surface area contributed by atoms with Gasteiger partial charge in [-0.3, -0.25) is 4.79 Å². The van der Waals surface area contributed by atoms with Crippen molar-refractivity contribution in [1.29, 1.82) is 0 Å². The highest BCUT2D eigenvalue weighted by Crippen LogP contribution is 2.35. The highest BCUT2D eigenvalue weighted by molar-refractivity contribution is 7.80. The maximum absolute atomic E-state index is 13.6. The predicted molar refractivity (Wildman–Crippen MR) is 93.7 cm³/mol. The third kappa shape index (κ3) is 3.08. The van der Waals surface area contributed by atoms with E-state index in [0.29, 0.717) is 11.5 Å². The summed E-state index contributed by atoms with van der Waals surface area (Å²) < 4.78 is 13.6. The van der Waals surface area contributed by atoms with Crippen molar-refractivity contribution in [3.63, 3.8) is 0 Å². The Morgan fingerprint density at radius 3 is 2.87 bits per heavy atom. The van der Waals surface area contributed by atoms with E-state index in [4.69, 9.17) is 23.8 Å². The molecule has 0 radical (unpaired) electrons. The number of hydrogen-bond donors (Lipinski definition) is 2. The van der Waals surface area contributed by atoms with Gasteiger partial charge < -0.3 is 15.2 Å². The van der Waals surface area contributed by atoms with Crippen LogP contribution >= 0.6 is 35.2 Å². The zero-order valence-corrected chi connectivity index (χ0v) is 14.9. The maximum Gasteiger partial charge on any atom is 0.235 e. The highest BCUT2D eigenvalue weighted by Gasteiger charge is 2.44. The Labute approximate surface area is 148 Å². The molecule has 23 heavy (non-hydrogen) atoms. The van der Waals surface area contributed by atoms with Gasteiger partial charge in [-0.05, 0) is 17.5 Å². The van der Waals surface area contributed by atoms with Crippen LogP contribution in [-0.2, 0) is 4.79 Å². The summed E-state index contributed by atoms with van der Waals surface area (Å²) in [5.74, 6) is -0.962. The quantitative estimate of drug-likeness (QED) is 0.482. The molecule has 3 heterocycles. The summed E-state index contributed by atoms with van der Waals surface area (Å²) in [5, 5.41) is 5.64. The lowest BCUT2D eigenvalue weighted by atomic mass is 9.91. The molecule has 3 rings (SSSR count). The average molecular weight is 375 g/mol. The fourth-order valence-corrected chi connectivity index (χ4v) is 4.17. The van der Waals surface area contributed by atoms with E-state index in [1.165, 1.54) is 0 Å². The van der Waals surface area contributed by atoms with Crippen molar-refractivity contribution in [3.05, 3.63) is 28.4 Å². The van der Waals surface area contributed by atoms with Crippen molar-refractivity contribution in [3.8, 4) is 0 Å². The van der Waals surface area contributed by atoms with Crippen LogP contribution in [-0.4, -0.2) is 46.9 Å². The molecule has 1 aromatic heterocycles. The van der Waals surface area contributed by atoms with Crippen LogP contribution in [0.4, 0.5) is 10.1 Å². The molecule has 0 saturated carbocycles. The summed E-state index contributed by atoms with van der Waals surface area (Å²) in [7, 11) is 3.71. The molecule has 0 spiro atoms. The largest absolute Gasteiger partial charge is 0.368 e. The first kappa shape index (κ1) is 16.6. The van der Waals surface area contributed by atoms with Gasteiger partial charge in [-0.1, -0.05) is 23.8 Å². The van der Waals surface area contributed by atoms with E-state index in [2.05, 4.69) is 10.7 Å². The lowest BCUT2D eigenvalue weighted by Crippen LogP contribution is -2.37. The zero-order valence-electron chi connectivity index (χ0n) is 12.5. The number of amides is 1. The van der Waals surface area contributed by atoms with Crippen LogP contribution in [0.1, 0.15) is 0 Å². The van der Waals surface area contributed by atoms with E-state index < -0.39 is 11.0 Å². The lowest BCUT2D eigenvalue weighted by Gasteiger charge is -2.24. The summed E-state index contributed by atoms with van der Waals surface area (Å²) in [6, 6.07) is 1.55. The third-order valence-electron chi connectivity index (χ3n) is 4.07. The Bertz CT molecular complexity index is 679. The molecule has 9 heteroatoms. The van der Waals surface area contributed by atoms with E-state index in [-0.39, 0.29) is 23.0 Å². The number of likely N-dealkylation sites (tertiary alicyclic amines) is 1. The Morgan fingerprint density at radius 1 is 1.57 bits per heavy atom. The number of anilines is 1. The fraction of sp³-hybridized carbons (Fsp3) is 0.429. The molecule has 1 amide bonds. The molecule has 2 N–H and O–H groups in total. The van der Waals surface area contributed by atoms with Crippen LogP contribution in [0.15, 0.2) is 23.2 Å². The first-order chi connectivity index (χ1) is 10.9. The van der Waals surface area contributed by atoms with Gasteiger partial charge in [0.05, 0.1) is 16.6 Å². The van der Waals surface area contributed by atoms with Gasteiger partial charge >= 0.3 is 0 Å². The molecule has 5 nitrogen and oxygen atoms in total. The minimum atomic E-state index is -0.535. The number of nitrogens with one attached hydrogen (secondary N) is 2. The summed E-state index contributed by atoms with van der Waals surface area (Å²) in [6.45, 7) is 0.616. The SMILES string of the molecule is CN1C[C@H](C2=CC(Cl)NN2C)[C@@H](C(=O)Nc2ccsc2F)C1=S. The van der Waals surface area contributed by atoms with E-state index in [1.54, 1.807) is 11.4 Å². The van der Waals surface area contributed by atoms with Gasteiger partial charge in [0, 0.05) is 32.3 Å². The van der Waals surface area contributed by atoms with Crippen molar-refractivity contribution in [2.75, 3.05) is 26.0 Å². The first-order valence-corrected chi connectivity index (χ1v) is 8.75. The minimum Gasteiger partial charge on any atom is -0.368 e. The minimum absolute atomic E-state index is 0.129. The smallest absolute Gasteiger partial charge is 0.235 e. The molecule has 1 fully saturated rings. The number of nitrogens with zero attached hydrogens (tertiary/aromatic N) is 2. The number of carbonyl (C=O) groups excluding carboxylic acids is 1. The highest BCUT2D eigenvalue weighted by atomic mass is 35.5. The van der Waals surface area contributed by atoms with E-state index in [0.717, 1.165) is 17.0 Å². The zero-order chi connectivity index (χ0) is 16.7. The van der Waals surface area contributed by atoms with Gasteiger partial charge in [0.1, 0.15) is 5.50 Å². The summed E-state index contributed by atoms with van der Waals surface area (Å²) >= 11 is 12.5. The Balaban J connectivity index is 1.85. The predicted octanol–water partition coefficient (Wildman–Crippen LogP) is 2.23. The summed E-state index contributed by atoms with van der Waals surface area (Å²) in [4.78, 5) is 15.1. The van der Waals surface area contributed by atoms with Crippen molar-refractivity contribution < 1.29 is 9.18 Å². The summed E-state index contributed by atoms with van der Waals surface area (Å²) in [5.41, 5.74) is 3.84. The number of carbonyl (C=O) groups is 1. The van der Waals surface area contributed by atoms with Gasteiger partial charge in [0.15, 0.2) is 5.13 Å². The van der Waals surface area contributed by atoms with Crippen molar-refractivity contribution in [2.45, 2.75) is 5.50 Å². The molecular formula is C14H16ClFN4OS2. The second-order valence-electron chi connectivity index (χ2n) is 5.58. The number of thiophene rings is 1. The van der Waals surface area contributed by atoms with Gasteiger partial charge in [0.2, 0.25) is 5.91 Å². The first-order valence-electron chi connectivity index (χ1n) is 7.03. The monoisotopic (exact) mass is 374 g/mol. The number of alkyl halides is 1. The van der Waals surface area contributed by atoms with Crippen LogP contribution < -0.4 is 10.7 Å². The lowest BCUT2D eigenvalue weighted by molar-refractivity contribution is -0.118. The second kappa shape index (κ2) is 6.35. The molecular weight excluding hydrogens is 359 g/mol. The molecule has 0 aliphatic carbocycles. The third-order valence-corrected chi connectivity index (χ3v) is 5.56. The molecule has 1 aromatic rings. The Hall–Kier alpha value is -1.22. The summed E-state index contributed by atoms with van der Waals surface area (Å²) in [6.07, 6.45) is 1.87. The Morgan fingerprint density at radius 2 is 2.30 bits per heavy atom. The number of rotatable bonds is 3. The van der Waals surface area contributed by atoms with Crippen LogP contribution in [0.3, 0.4) is 0 Å². The van der Waals surface area contributed by atoms with Crippen molar-refractivity contribution in [1.82, 2.24) is 15.3 Å². The normalized spacial score (nSPS) is 27.6. The molecule has 2 aliphatic heterocycles. The second-order valence-corrected chi connectivity index (χ2v) is 7.34. The Kier molecular flexibility index (Phi) is 4.59. The van der Waals surface area contributed by atoms with Crippen molar-refractivity contribution >= 4 is 51.7 Å². The van der Waals surface area contributed by atoms with Crippen LogP contribution in [0.5, 0.6) is 0 Å². The number of thiocarbonyl (C=S) groups is 1. The van der Waals surface area contributed by atoms with Crippen LogP contribution in [0.2, 0.25) is 0 Å². The van der Waals surface area contributed by atoms with Gasteiger partial charge in [-0.15, -0.1) is 11.3 Å². The molecule has 0 bridgehead atoms. The standard InChI is InChI=1S/C14H16ClFN4OS2/c1-19-6-7(9-5-10(15)18-20(9)2)11(14(19)22)13(21)17-8-3-4-23-12(8)16/h3-5,7,10-11,18H,6H2,1-2H3,(H,17,21)/t7-,10?,11+/m1/s1. The van der Waals surface area contributed by atoms with Gasteiger partial charge in [-0.2, -0.15) is 4.39 Å². The molecule has 2 aliphatic rings. The van der Waals surface area contributed by atoms with Gasteiger partial charge in [0.25, 0.3) is 0 Å². The van der Waals surface area contributed by atoms with Gasteiger partial charge in [-0.25, -0.2) is 5.43 Å². The molecule has 124 valence electrons. The maximum atomic E-state index is 13.6. The average Bonchev–Trinajstić information content (AvgIpc) is 3.11. The molecule has 0 aromatic carbocycles. The van der Waals surface area contributed by atoms with Crippen LogP contribution in [0, 0.1) is 17.0 Å². The molecule has 1 unspecified atom stereocenters. The molecule has 3 atom stereocenters. The van der Waals surface area contributed by atoms with E-state index in [1.807, 2.05) is 30.1 Å². The topological polar surface area (TPSA) is 47.6 Å². The number of halogens is 2. The molecule has 1 saturated heterocycles. The fourth-order valence-electron chi connectivity index (χ4n) is 2.98. The van der Waals surface area contributed by atoms with Crippen molar-refractivity contribution in [2.24, 2.45) is 11.8 Å². The van der Waals surface area contributed by atoms with Crippen LogP contribution in [0.25, 0.3) is 0 Å². The number of hydrogen-bond acceptors (Lipinski definition) is 5. The number of hydrazine groups is 1.